The van der Waals surface area contributed by atoms with Crippen molar-refractivity contribution < 1.29 is 18.9 Å². The Morgan fingerprint density at radius 2 is 2.09 bits per heavy atom. The second-order valence-corrected chi connectivity index (χ2v) is 7.66. The fourth-order valence-electron chi connectivity index (χ4n) is 2.65. The van der Waals surface area contributed by atoms with Gasteiger partial charge in [-0.3, -0.25) is 0 Å². The number of rotatable bonds is 4. The first kappa shape index (κ1) is 17.2. The molecule has 3 rings (SSSR count). The first-order valence-electron chi connectivity index (χ1n) is 8.01. The average molecular weight is 386 g/mol. The van der Waals surface area contributed by atoms with Gasteiger partial charge < -0.3 is 24.3 Å². The van der Waals surface area contributed by atoms with Crippen LogP contribution in [-0.2, 0) is 14.2 Å². The van der Waals surface area contributed by atoms with Crippen molar-refractivity contribution in [1.82, 2.24) is 5.32 Å². The Balaban J connectivity index is 1.69. The zero-order chi connectivity index (χ0) is 16.3. The smallest absolute Gasteiger partial charge is 0.188 e. The molecule has 0 bridgehead atoms. The topological polar surface area (TPSA) is 49.0 Å². The third kappa shape index (κ3) is 4.45. The van der Waals surface area contributed by atoms with E-state index in [1.807, 2.05) is 18.2 Å². The van der Waals surface area contributed by atoms with Gasteiger partial charge >= 0.3 is 0 Å². The van der Waals surface area contributed by atoms with E-state index in [9.17, 15) is 0 Å². The molecule has 0 radical (unpaired) electrons. The number of halogens is 1. The molecule has 0 aliphatic carbocycles. The molecule has 0 spiro atoms. The van der Waals surface area contributed by atoms with Crippen LogP contribution in [0.4, 0.5) is 0 Å². The van der Waals surface area contributed by atoms with Gasteiger partial charge in [-0.1, -0.05) is 35.8 Å². The van der Waals surface area contributed by atoms with Crippen LogP contribution in [0.2, 0.25) is 0 Å². The van der Waals surface area contributed by atoms with Crippen LogP contribution in [-0.4, -0.2) is 45.6 Å². The van der Waals surface area contributed by atoms with E-state index in [1.165, 1.54) is 0 Å². The van der Waals surface area contributed by atoms with Gasteiger partial charge in [-0.05, 0) is 12.1 Å². The number of hydrogen-bond donors (Lipinski definition) is 1. The molecule has 0 saturated carbocycles. The van der Waals surface area contributed by atoms with Crippen molar-refractivity contribution in [3.63, 3.8) is 0 Å². The minimum Gasteiger partial charge on any atom is -0.491 e. The van der Waals surface area contributed by atoms with Gasteiger partial charge in [-0.2, -0.15) is 0 Å². The Morgan fingerprint density at radius 1 is 1.30 bits per heavy atom. The fourth-order valence-corrected chi connectivity index (χ4v) is 3.18. The number of nitrogens with one attached hydrogen (secondary N) is 1. The molecular weight excluding hydrogens is 362 g/mol. The Labute approximate surface area is 145 Å². The Bertz CT molecular complexity index is 521. The van der Waals surface area contributed by atoms with Crippen molar-refractivity contribution in [2.24, 2.45) is 5.41 Å². The molecule has 6 heteroatoms. The van der Waals surface area contributed by atoms with Crippen LogP contribution in [0.3, 0.4) is 0 Å². The molecule has 1 atom stereocenters. The highest BCUT2D eigenvalue weighted by Crippen LogP contribution is 2.39. The summed E-state index contributed by atoms with van der Waals surface area (Å²) in [6.45, 7) is 8.45. The van der Waals surface area contributed by atoms with Gasteiger partial charge in [0.1, 0.15) is 12.4 Å². The van der Waals surface area contributed by atoms with Crippen LogP contribution in [0.5, 0.6) is 5.75 Å². The Morgan fingerprint density at radius 3 is 2.78 bits per heavy atom. The second-order valence-electron chi connectivity index (χ2n) is 6.81. The summed E-state index contributed by atoms with van der Waals surface area (Å²) in [5, 5.41) is 3.39. The molecule has 1 aromatic rings. The van der Waals surface area contributed by atoms with Gasteiger partial charge in [-0.15, -0.1) is 0 Å². The molecule has 2 heterocycles. The van der Waals surface area contributed by atoms with E-state index in [0.29, 0.717) is 26.4 Å². The summed E-state index contributed by atoms with van der Waals surface area (Å²) < 4.78 is 24.3. The fraction of sp³-hybridized carbons (Fsp3) is 0.647. The average Bonchev–Trinajstić information content (AvgIpc) is 2.55. The zero-order valence-corrected chi connectivity index (χ0v) is 15.2. The normalized spacial score (nSPS) is 25.3. The first-order chi connectivity index (χ1) is 11.1. The number of benzene rings is 1. The second kappa shape index (κ2) is 7.49. The van der Waals surface area contributed by atoms with E-state index < -0.39 is 6.29 Å². The predicted molar refractivity (Wildman–Crippen MR) is 90.7 cm³/mol. The minimum atomic E-state index is -0.399. The summed E-state index contributed by atoms with van der Waals surface area (Å²) in [5.74, 6) is 0.788. The third-order valence-corrected chi connectivity index (χ3v) is 4.63. The van der Waals surface area contributed by atoms with Crippen LogP contribution in [0, 0.1) is 5.41 Å². The molecule has 5 nitrogen and oxygen atoms in total. The molecule has 2 aliphatic rings. The summed E-state index contributed by atoms with van der Waals surface area (Å²) in [5.41, 5.74) is 0.960. The van der Waals surface area contributed by atoms with Crippen LogP contribution in [0.25, 0.3) is 0 Å². The summed E-state index contributed by atoms with van der Waals surface area (Å²) in [4.78, 5) is 0. The molecule has 0 unspecified atom stereocenters. The van der Waals surface area contributed by atoms with Crippen molar-refractivity contribution in [3.8, 4) is 5.75 Å². The molecular formula is C17H24BrNO4. The molecule has 23 heavy (non-hydrogen) atoms. The van der Waals surface area contributed by atoms with Gasteiger partial charge in [0.05, 0.1) is 38.0 Å². The molecule has 2 saturated heterocycles. The lowest BCUT2D eigenvalue weighted by Crippen LogP contribution is -2.44. The predicted octanol–water partition coefficient (Wildman–Crippen LogP) is 2.89. The summed E-state index contributed by atoms with van der Waals surface area (Å²) in [6, 6.07) is 6.11. The standard InChI is InChI=1S/C17H24BrNO4/c1-17(2)10-22-16(23-11-17)15-13(18)4-3-5-14(15)21-9-12-8-20-7-6-19-12/h3-5,12,16,19H,6-11H2,1-2H3/t12-/m0/s1. The maximum atomic E-state index is 6.03. The van der Waals surface area contributed by atoms with Gasteiger partial charge in [0.2, 0.25) is 0 Å². The van der Waals surface area contributed by atoms with E-state index in [-0.39, 0.29) is 11.5 Å². The minimum absolute atomic E-state index is 0.0438. The maximum Gasteiger partial charge on any atom is 0.188 e. The van der Waals surface area contributed by atoms with E-state index >= 15 is 0 Å². The summed E-state index contributed by atoms with van der Waals surface area (Å²) >= 11 is 3.60. The molecule has 0 amide bonds. The lowest BCUT2D eigenvalue weighted by Gasteiger charge is -2.35. The molecule has 128 valence electrons. The van der Waals surface area contributed by atoms with E-state index in [1.54, 1.807) is 0 Å². The van der Waals surface area contributed by atoms with Crippen molar-refractivity contribution in [3.05, 3.63) is 28.2 Å². The molecule has 2 aliphatic heterocycles. The van der Waals surface area contributed by atoms with Crippen LogP contribution in [0.15, 0.2) is 22.7 Å². The highest BCUT2D eigenvalue weighted by Gasteiger charge is 2.32. The summed E-state index contributed by atoms with van der Waals surface area (Å²) in [6.07, 6.45) is -0.399. The number of morpholine rings is 1. The lowest BCUT2D eigenvalue weighted by molar-refractivity contribution is -0.227. The van der Waals surface area contributed by atoms with E-state index in [0.717, 1.165) is 28.9 Å². The third-order valence-electron chi connectivity index (χ3n) is 3.94. The molecule has 2 fully saturated rings. The Kier molecular flexibility index (Phi) is 5.59. The quantitative estimate of drug-likeness (QED) is 0.863. The van der Waals surface area contributed by atoms with E-state index in [2.05, 4.69) is 35.1 Å². The number of hydrogen-bond acceptors (Lipinski definition) is 5. The first-order valence-corrected chi connectivity index (χ1v) is 8.80. The van der Waals surface area contributed by atoms with Crippen LogP contribution in [0.1, 0.15) is 25.7 Å². The van der Waals surface area contributed by atoms with Gasteiger partial charge in [0.25, 0.3) is 0 Å². The van der Waals surface area contributed by atoms with Gasteiger partial charge in [0, 0.05) is 16.4 Å². The van der Waals surface area contributed by atoms with Crippen molar-refractivity contribution in [1.29, 1.82) is 0 Å². The monoisotopic (exact) mass is 385 g/mol. The lowest BCUT2D eigenvalue weighted by atomic mass is 9.95. The zero-order valence-electron chi connectivity index (χ0n) is 13.6. The van der Waals surface area contributed by atoms with Crippen molar-refractivity contribution in [2.45, 2.75) is 26.2 Å². The van der Waals surface area contributed by atoms with Crippen LogP contribution >= 0.6 is 15.9 Å². The largest absolute Gasteiger partial charge is 0.491 e. The SMILES string of the molecule is CC1(C)COC(c2c(Br)cccc2OC[C@@H]2COCCN2)OC1. The molecule has 1 N–H and O–H groups in total. The Hall–Kier alpha value is -0.660. The van der Waals surface area contributed by atoms with Crippen LogP contribution < -0.4 is 10.1 Å². The maximum absolute atomic E-state index is 6.03. The van der Waals surface area contributed by atoms with E-state index in [4.69, 9.17) is 18.9 Å². The highest BCUT2D eigenvalue weighted by atomic mass is 79.9. The molecule has 1 aromatic carbocycles. The summed E-state index contributed by atoms with van der Waals surface area (Å²) in [7, 11) is 0. The number of ether oxygens (including phenoxy) is 4. The molecule has 0 aromatic heterocycles. The van der Waals surface area contributed by atoms with Crippen molar-refractivity contribution in [2.75, 3.05) is 39.6 Å². The van der Waals surface area contributed by atoms with Crippen molar-refractivity contribution >= 4 is 15.9 Å². The van der Waals surface area contributed by atoms with Gasteiger partial charge in [-0.25, -0.2) is 0 Å². The van der Waals surface area contributed by atoms with Gasteiger partial charge in [0.15, 0.2) is 6.29 Å². The highest BCUT2D eigenvalue weighted by molar-refractivity contribution is 9.10.